The number of hydrazine groups is 1. The number of ether oxygens (including phenoxy) is 1. The van der Waals surface area contributed by atoms with Gasteiger partial charge in [0.1, 0.15) is 18.2 Å². The Kier molecular flexibility index (Phi) is 5.35. The molecule has 21 heavy (non-hydrogen) atoms. The van der Waals surface area contributed by atoms with Crippen LogP contribution in [-0.4, -0.2) is 32.0 Å². The van der Waals surface area contributed by atoms with Crippen LogP contribution < -0.4 is 10.2 Å². The number of aliphatic imine (C=N–C) groups is 1. The van der Waals surface area contributed by atoms with Crippen LogP contribution in [0.15, 0.2) is 59.6 Å². The van der Waals surface area contributed by atoms with Crippen LogP contribution in [0.4, 0.5) is 0 Å². The first-order chi connectivity index (χ1) is 10.2. The van der Waals surface area contributed by atoms with Crippen molar-refractivity contribution in [1.82, 2.24) is 10.4 Å². The number of benzene rings is 2. The van der Waals surface area contributed by atoms with Crippen molar-refractivity contribution in [3.8, 4) is 5.75 Å². The Balaban J connectivity index is 1.98. The van der Waals surface area contributed by atoms with Crippen LogP contribution >= 0.6 is 0 Å². The van der Waals surface area contributed by atoms with Crippen molar-refractivity contribution in [2.45, 2.75) is 6.61 Å². The molecule has 0 unspecified atom stereocenters. The van der Waals surface area contributed by atoms with E-state index in [0.29, 0.717) is 6.61 Å². The van der Waals surface area contributed by atoms with Crippen LogP contribution in [0.5, 0.6) is 5.75 Å². The molecule has 0 saturated carbocycles. The number of nitrogens with zero attached hydrogens (tertiary/aromatic N) is 2. The molecule has 4 heteroatoms. The Morgan fingerprint density at radius 1 is 1.05 bits per heavy atom. The van der Waals surface area contributed by atoms with E-state index >= 15 is 0 Å². The molecule has 0 saturated heterocycles. The maximum Gasteiger partial charge on any atom is 0.142 e. The van der Waals surface area contributed by atoms with Crippen LogP contribution in [0.25, 0.3) is 0 Å². The van der Waals surface area contributed by atoms with Gasteiger partial charge >= 0.3 is 0 Å². The second-order valence-electron chi connectivity index (χ2n) is 4.88. The summed E-state index contributed by atoms with van der Waals surface area (Å²) >= 11 is 0. The number of hydrogen-bond acceptors (Lipinski definition) is 3. The minimum Gasteiger partial charge on any atom is -0.489 e. The van der Waals surface area contributed by atoms with Crippen molar-refractivity contribution in [1.29, 1.82) is 0 Å². The molecule has 4 nitrogen and oxygen atoms in total. The minimum atomic E-state index is 0.574. The van der Waals surface area contributed by atoms with Crippen molar-refractivity contribution < 1.29 is 4.74 Å². The van der Waals surface area contributed by atoms with E-state index in [-0.39, 0.29) is 0 Å². The van der Waals surface area contributed by atoms with E-state index < -0.39 is 0 Å². The summed E-state index contributed by atoms with van der Waals surface area (Å²) in [6.45, 7) is 0.574. The lowest BCUT2D eigenvalue weighted by Crippen LogP contribution is -2.36. The van der Waals surface area contributed by atoms with Gasteiger partial charge in [-0.25, -0.2) is 5.01 Å². The maximum absolute atomic E-state index is 5.77. The zero-order valence-corrected chi connectivity index (χ0v) is 12.7. The summed E-state index contributed by atoms with van der Waals surface area (Å²) in [4.78, 5) is 4.24. The topological polar surface area (TPSA) is 36.9 Å². The minimum absolute atomic E-state index is 0.574. The molecular formula is C17H21N3O. The molecule has 0 spiro atoms. The third-order valence-electron chi connectivity index (χ3n) is 2.93. The molecule has 0 amide bonds. The summed E-state index contributed by atoms with van der Waals surface area (Å²) in [5, 5.41) is 1.86. The Hall–Kier alpha value is -2.33. The van der Waals surface area contributed by atoms with Gasteiger partial charge in [-0.05, 0) is 29.8 Å². The van der Waals surface area contributed by atoms with Crippen molar-refractivity contribution in [3.05, 3.63) is 65.7 Å². The fraction of sp³-hybridized carbons (Fsp3) is 0.235. The summed E-state index contributed by atoms with van der Waals surface area (Å²) in [5.74, 6) is 1.68. The van der Waals surface area contributed by atoms with Gasteiger partial charge in [0, 0.05) is 26.7 Å². The van der Waals surface area contributed by atoms with Crippen molar-refractivity contribution in [2.24, 2.45) is 4.99 Å². The van der Waals surface area contributed by atoms with Crippen LogP contribution in [-0.2, 0) is 6.61 Å². The summed E-state index contributed by atoms with van der Waals surface area (Å²) < 4.78 is 5.77. The molecular weight excluding hydrogens is 262 g/mol. The number of hydrogen-bond donors (Lipinski definition) is 1. The summed E-state index contributed by atoms with van der Waals surface area (Å²) in [7, 11) is 5.64. The van der Waals surface area contributed by atoms with Crippen LogP contribution in [0.1, 0.15) is 11.1 Å². The molecule has 0 aliphatic rings. The average molecular weight is 283 g/mol. The number of rotatable bonds is 5. The van der Waals surface area contributed by atoms with Gasteiger partial charge in [0.2, 0.25) is 0 Å². The molecule has 110 valence electrons. The van der Waals surface area contributed by atoms with Crippen molar-refractivity contribution in [3.63, 3.8) is 0 Å². The monoisotopic (exact) mass is 283 g/mol. The smallest absolute Gasteiger partial charge is 0.142 e. The Morgan fingerprint density at radius 2 is 1.71 bits per heavy atom. The van der Waals surface area contributed by atoms with E-state index in [1.807, 2.05) is 61.6 Å². The first kappa shape index (κ1) is 15.1. The summed E-state index contributed by atoms with van der Waals surface area (Å²) in [6.07, 6.45) is 0. The molecule has 0 bridgehead atoms. The summed E-state index contributed by atoms with van der Waals surface area (Å²) in [6, 6.07) is 18.0. The van der Waals surface area contributed by atoms with Crippen molar-refractivity contribution in [2.75, 3.05) is 21.1 Å². The molecule has 2 aromatic rings. The fourth-order valence-corrected chi connectivity index (χ4v) is 1.91. The zero-order valence-electron chi connectivity index (χ0n) is 12.7. The lowest BCUT2D eigenvalue weighted by Gasteiger charge is -2.15. The lowest BCUT2D eigenvalue weighted by molar-refractivity contribution is 0.306. The first-order valence-corrected chi connectivity index (χ1v) is 6.87. The molecule has 2 aromatic carbocycles. The van der Waals surface area contributed by atoms with Crippen LogP contribution in [0.3, 0.4) is 0 Å². The number of amidine groups is 1. The van der Waals surface area contributed by atoms with Gasteiger partial charge in [-0.15, -0.1) is 0 Å². The van der Waals surface area contributed by atoms with Crippen LogP contribution in [0.2, 0.25) is 0 Å². The molecule has 0 fully saturated rings. The van der Waals surface area contributed by atoms with E-state index in [0.717, 1.165) is 22.7 Å². The second kappa shape index (κ2) is 7.45. The van der Waals surface area contributed by atoms with E-state index in [2.05, 4.69) is 22.6 Å². The van der Waals surface area contributed by atoms with E-state index in [4.69, 9.17) is 4.74 Å². The second-order valence-corrected chi connectivity index (χ2v) is 4.88. The Labute approximate surface area is 126 Å². The maximum atomic E-state index is 5.77. The van der Waals surface area contributed by atoms with Gasteiger partial charge in [-0.2, -0.15) is 0 Å². The molecule has 0 atom stereocenters. The van der Waals surface area contributed by atoms with E-state index in [9.17, 15) is 0 Å². The quantitative estimate of drug-likeness (QED) is 0.521. The molecule has 2 rings (SSSR count). The highest BCUT2D eigenvalue weighted by Gasteiger charge is 2.03. The lowest BCUT2D eigenvalue weighted by atomic mass is 10.2. The highest BCUT2D eigenvalue weighted by Crippen LogP contribution is 2.14. The fourth-order valence-electron chi connectivity index (χ4n) is 1.91. The largest absolute Gasteiger partial charge is 0.489 e. The molecule has 0 aromatic heterocycles. The molecule has 1 N–H and O–H groups in total. The summed E-state index contributed by atoms with van der Waals surface area (Å²) in [5.41, 5.74) is 5.35. The van der Waals surface area contributed by atoms with Gasteiger partial charge < -0.3 is 10.2 Å². The normalized spacial score (nSPS) is 11.5. The third kappa shape index (κ3) is 4.61. The molecule has 0 heterocycles. The van der Waals surface area contributed by atoms with Crippen LogP contribution in [0, 0.1) is 0 Å². The average Bonchev–Trinajstić information content (AvgIpc) is 2.52. The first-order valence-electron chi connectivity index (χ1n) is 6.87. The van der Waals surface area contributed by atoms with Gasteiger partial charge in [0.05, 0.1) is 0 Å². The van der Waals surface area contributed by atoms with Crippen molar-refractivity contribution >= 4 is 5.84 Å². The Morgan fingerprint density at radius 3 is 2.29 bits per heavy atom. The third-order valence-corrected chi connectivity index (χ3v) is 2.93. The van der Waals surface area contributed by atoms with E-state index in [1.165, 1.54) is 0 Å². The van der Waals surface area contributed by atoms with Gasteiger partial charge in [-0.1, -0.05) is 30.3 Å². The predicted octanol–water partition coefficient (Wildman–Crippen LogP) is 2.71. The highest BCUT2D eigenvalue weighted by molar-refractivity contribution is 5.98. The van der Waals surface area contributed by atoms with Gasteiger partial charge in [0.15, 0.2) is 0 Å². The van der Waals surface area contributed by atoms with E-state index in [1.54, 1.807) is 7.05 Å². The molecule has 0 aliphatic heterocycles. The number of nitrogens with one attached hydrogen (secondary N) is 1. The SMILES string of the molecule is CN=C(NN(C)C)c1ccc(OCc2ccccc2)cc1. The molecule has 0 aliphatic carbocycles. The van der Waals surface area contributed by atoms with Gasteiger partial charge in [-0.3, -0.25) is 4.99 Å². The van der Waals surface area contributed by atoms with Gasteiger partial charge in [0.25, 0.3) is 0 Å². The highest BCUT2D eigenvalue weighted by atomic mass is 16.5. The Bertz CT molecular complexity index is 577. The molecule has 0 radical (unpaired) electrons. The predicted molar refractivity (Wildman–Crippen MR) is 86.5 cm³/mol. The standard InChI is InChI=1S/C17H21N3O/c1-18-17(19-20(2)3)15-9-11-16(12-10-15)21-13-14-7-5-4-6-8-14/h4-12H,13H2,1-3H3,(H,18,19). The zero-order chi connectivity index (χ0) is 15.1.